The molecule has 0 unspecified atom stereocenters. The highest BCUT2D eigenvalue weighted by atomic mass is 19.1. The summed E-state index contributed by atoms with van der Waals surface area (Å²) in [6, 6.07) is 0. The van der Waals surface area contributed by atoms with Crippen molar-refractivity contribution in [2.45, 2.75) is 0 Å². The van der Waals surface area contributed by atoms with Crippen LogP contribution in [0.1, 0.15) is 0 Å². The first-order valence-corrected chi connectivity index (χ1v) is 2.84. The molecule has 2 aliphatic carbocycles. The Bertz CT molecular complexity index is 256. The van der Waals surface area contributed by atoms with Crippen LogP contribution in [0.25, 0.3) is 0 Å². The van der Waals surface area contributed by atoms with Gasteiger partial charge in [-0.3, -0.25) is 0 Å². The van der Waals surface area contributed by atoms with E-state index in [0.717, 1.165) is 11.1 Å². The molecule has 0 amide bonds. The lowest BCUT2D eigenvalue weighted by molar-refractivity contribution is 0.670. The number of allylic oxidation sites excluding steroid dienone is 8. The van der Waals surface area contributed by atoms with E-state index in [2.05, 4.69) is 0 Å². The predicted octanol–water partition coefficient (Wildman–Crippen LogP) is 2.28. The monoisotopic (exact) mass is 120 g/mol. The van der Waals surface area contributed by atoms with Crippen LogP contribution in [0.2, 0.25) is 0 Å². The highest BCUT2D eigenvalue weighted by Crippen LogP contribution is 2.26. The molecule has 0 radical (unpaired) electrons. The molecule has 1 heteroatoms. The molecule has 0 saturated heterocycles. The number of hydrogen-bond donors (Lipinski definition) is 0. The Balaban J connectivity index is 2.39. The average Bonchev–Trinajstić information content (AvgIpc) is 2.58. The molecule has 2 aliphatic rings. The van der Waals surface area contributed by atoms with Gasteiger partial charge in [0.25, 0.3) is 0 Å². The summed E-state index contributed by atoms with van der Waals surface area (Å²) in [5, 5.41) is 0. The molecule has 0 heterocycles. The quantitative estimate of drug-likeness (QED) is 0.460. The van der Waals surface area contributed by atoms with Gasteiger partial charge < -0.3 is 0 Å². The first-order valence-electron chi connectivity index (χ1n) is 2.84. The smallest absolute Gasteiger partial charge is 0.123 e. The van der Waals surface area contributed by atoms with Crippen LogP contribution in [0.3, 0.4) is 0 Å². The molecule has 0 aliphatic heterocycles. The molecule has 0 nitrogen and oxygen atoms in total. The van der Waals surface area contributed by atoms with Crippen LogP contribution in [0, 0.1) is 0 Å². The van der Waals surface area contributed by atoms with Gasteiger partial charge in [-0.15, -0.1) is 0 Å². The third-order valence-electron chi connectivity index (χ3n) is 1.38. The van der Waals surface area contributed by atoms with Gasteiger partial charge in [0.15, 0.2) is 0 Å². The van der Waals surface area contributed by atoms with Gasteiger partial charge in [0, 0.05) is 0 Å². The van der Waals surface area contributed by atoms with Gasteiger partial charge in [0.1, 0.15) is 5.83 Å². The third-order valence-corrected chi connectivity index (χ3v) is 1.38. The average molecular weight is 120 g/mol. The van der Waals surface area contributed by atoms with Crippen molar-refractivity contribution in [2.24, 2.45) is 0 Å². The molecule has 9 heavy (non-hydrogen) atoms. The number of rotatable bonds is 0. The largest absolute Gasteiger partial charge is 0.207 e. The maximum absolute atomic E-state index is 12.3. The topological polar surface area (TPSA) is 0 Å². The van der Waals surface area contributed by atoms with Gasteiger partial charge in [0.05, 0.1) is 0 Å². The Morgan fingerprint density at radius 2 is 1.56 bits per heavy atom. The van der Waals surface area contributed by atoms with Crippen LogP contribution in [0.4, 0.5) is 4.39 Å². The zero-order valence-electron chi connectivity index (χ0n) is 4.76. The van der Waals surface area contributed by atoms with Gasteiger partial charge in [-0.25, -0.2) is 4.39 Å². The van der Waals surface area contributed by atoms with Crippen LogP contribution < -0.4 is 0 Å². The lowest BCUT2D eigenvalue weighted by atomic mass is 10.2. The lowest BCUT2D eigenvalue weighted by Gasteiger charge is -1.81. The molecule has 0 atom stereocenters. The number of hydrogen-bond acceptors (Lipinski definition) is 0. The van der Waals surface area contributed by atoms with Crippen LogP contribution in [-0.2, 0) is 0 Å². The van der Waals surface area contributed by atoms with Crippen molar-refractivity contribution in [1.29, 1.82) is 0 Å². The molecule has 0 fully saturated rings. The first-order chi connectivity index (χ1) is 4.36. The minimum absolute atomic E-state index is 0.147. The Kier molecular flexibility index (Phi) is 0.758. The highest BCUT2D eigenvalue weighted by Gasteiger charge is 2.08. The van der Waals surface area contributed by atoms with Gasteiger partial charge in [0.2, 0.25) is 0 Å². The van der Waals surface area contributed by atoms with Crippen molar-refractivity contribution in [3.05, 3.63) is 47.4 Å². The van der Waals surface area contributed by atoms with Gasteiger partial charge in [-0.2, -0.15) is 0 Å². The fourth-order valence-corrected chi connectivity index (χ4v) is 0.828. The second-order valence-electron chi connectivity index (χ2n) is 2.11. The van der Waals surface area contributed by atoms with Crippen molar-refractivity contribution in [1.82, 2.24) is 0 Å². The van der Waals surface area contributed by atoms with E-state index < -0.39 is 0 Å². The van der Waals surface area contributed by atoms with Crippen LogP contribution in [-0.4, -0.2) is 0 Å². The lowest BCUT2D eigenvalue weighted by Crippen LogP contribution is -1.63. The molecular formula is C8H5F. The SMILES string of the molecule is FC1=CC(=C2C=C2)C=C1. The maximum atomic E-state index is 12.3. The predicted molar refractivity (Wildman–Crippen MR) is 34.5 cm³/mol. The van der Waals surface area contributed by atoms with E-state index in [1.807, 2.05) is 12.2 Å². The Morgan fingerprint density at radius 3 is 2.00 bits per heavy atom. The molecular weight excluding hydrogens is 115 g/mol. The third kappa shape index (κ3) is 0.743. The normalized spacial score (nSPS) is 21.2. The van der Waals surface area contributed by atoms with Crippen molar-refractivity contribution in [3.63, 3.8) is 0 Å². The van der Waals surface area contributed by atoms with Crippen molar-refractivity contribution in [2.75, 3.05) is 0 Å². The highest BCUT2D eigenvalue weighted by molar-refractivity contribution is 5.60. The van der Waals surface area contributed by atoms with Crippen LogP contribution >= 0.6 is 0 Å². The molecule has 0 saturated carbocycles. The number of halogens is 1. The van der Waals surface area contributed by atoms with Crippen molar-refractivity contribution < 1.29 is 4.39 Å². The zero-order valence-corrected chi connectivity index (χ0v) is 4.76. The summed E-state index contributed by atoms with van der Waals surface area (Å²) in [5.41, 5.74) is 2.14. The van der Waals surface area contributed by atoms with E-state index in [0.29, 0.717) is 0 Å². The van der Waals surface area contributed by atoms with Gasteiger partial charge in [-0.05, 0) is 23.3 Å². The maximum Gasteiger partial charge on any atom is 0.123 e. The van der Waals surface area contributed by atoms with Gasteiger partial charge in [-0.1, -0.05) is 18.2 Å². The fraction of sp³-hybridized carbons (Fsp3) is 0. The molecule has 2 rings (SSSR count). The summed E-state index contributed by atoms with van der Waals surface area (Å²) in [6.45, 7) is 0. The second-order valence-corrected chi connectivity index (χ2v) is 2.11. The summed E-state index contributed by atoms with van der Waals surface area (Å²) in [5.74, 6) is -0.147. The van der Waals surface area contributed by atoms with Gasteiger partial charge >= 0.3 is 0 Å². The van der Waals surface area contributed by atoms with E-state index in [4.69, 9.17) is 0 Å². The molecule has 0 spiro atoms. The van der Waals surface area contributed by atoms with Crippen LogP contribution in [0.5, 0.6) is 0 Å². The molecule has 0 bridgehead atoms. The molecule has 0 aromatic rings. The van der Waals surface area contributed by atoms with Crippen LogP contribution in [0.15, 0.2) is 47.4 Å². The Morgan fingerprint density at radius 1 is 0.889 bits per heavy atom. The van der Waals surface area contributed by atoms with E-state index in [1.165, 1.54) is 12.2 Å². The van der Waals surface area contributed by atoms with Crippen molar-refractivity contribution >= 4 is 0 Å². The summed E-state index contributed by atoms with van der Waals surface area (Å²) in [7, 11) is 0. The summed E-state index contributed by atoms with van der Waals surface area (Å²) >= 11 is 0. The Labute approximate surface area is 52.7 Å². The zero-order chi connectivity index (χ0) is 6.27. The van der Waals surface area contributed by atoms with E-state index in [9.17, 15) is 4.39 Å². The molecule has 44 valence electrons. The summed E-state index contributed by atoms with van der Waals surface area (Å²) in [4.78, 5) is 0. The summed E-state index contributed by atoms with van der Waals surface area (Å²) in [6.07, 6.45) is 8.73. The summed E-state index contributed by atoms with van der Waals surface area (Å²) < 4.78 is 12.3. The molecule has 0 N–H and O–H groups in total. The molecule has 0 aromatic heterocycles. The second kappa shape index (κ2) is 1.44. The minimum Gasteiger partial charge on any atom is -0.207 e. The fourth-order valence-electron chi connectivity index (χ4n) is 0.828. The molecule has 0 aromatic carbocycles. The first kappa shape index (κ1) is 4.74. The van der Waals surface area contributed by atoms with E-state index in [-0.39, 0.29) is 5.83 Å². The van der Waals surface area contributed by atoms with E-state index in [1.54, 1.807) is 6.08 Å². The minimum atomic E-state index is -0.147. The van der Waals surface area contributed by atoms with E-state index >= 15 is 0 Å². The van der Waals surface area contributed by atoms with Crippen molar-refractivity contribution in [3.8, 4) is 0 Å². The Hall–Kier alpha value is -1.11. The standard InChI is InChI=1S/C8H5F/c9-8-4-3-7(5-8)6-1-2-6/h1-5H.